The number of rotatable bonds is 1. The summed E-state index contributed by atoms with van der Waals surface area (Å²) in [6.45, 7) is 2.00. The van der Waals surface area contributed by atoms with E-state index < -0.39 is 0 Å². The fourth-order valence-electron chi connectivity index (χ4n) is 0.475. The van der Waals surface area contributed by atoms with Gasteiger partial charge in [-0.05, 0) is 11.6 Å². The van der Waals surface area contributed by atoms with Crippen molar-refractivity contribution >= 4 is 0 Å². The minimum absolute atomic E-state index is 0.886. The van der Waals surface area contributed by atoms with Crippen LogP contribution in [0.4, 0.5) is 0 Å². The van der Waals surface area contributed by atoms with Crippen molar-refractivity contribution in [3.05, 3.63) is 11.9 Å². The van der Waals surface area contributed by atoms with E-state index in [1.54, 1.807) is 6.20 Å². The van der Waals surface area contributed by atoms with E-state index in [0.29, 0.717) is 0 Å². The van der Waals surface area contributed by atoms with E-state index in [1.807, 2.05) is 6.92 Å². The van der Waals surface area contributed by atoms with Crippen LogP contribution in [0.5, 0.6) is 0 Å². The Labute approximate surface area is 47.3 Å². The summed E-state index contributed by atoms with van der Waals surface area (Å²) >= 11 is 0. The van der Waals surface area contributed by atoms with Gasteiger partial charge in [-0.2, -0.15) is 4.79 Å². The lowest BCUT2D eigenvalue weighted by Gasteiger charge is -1.79. The molecule has 0 spiro atoms. The maximum absolute atomic E-state index is 5.20. The van der Waals surface area contributed by atoms with Gasteiger partial charge < -0.3 is 5.84 Å². The summed E-state index contributed by atoms with van der Waals surface area (Å²) in [7, 11) is 0. The molecule has 44 valence electrons. The van der Waals surface area contributed by atoms with Gasteiger partial charge in [0.2, 0.25) is 0 Å². The first-order chi connectivity index (χ1) is 3.83. The van der Waals surface area contributed by atoms with Crippen LogP contribution in [0.2, 0.25) is 0 Å². The molecule has 0 aromatic carbocycles. The average molecular weight is 112 g/mol. The molecule has 0 saturated heterocycles. The van der Waals surface area contributed by atoms with Crippen molar-refractivity contribution in [2.45, 2.75) is 13.3 Å². The molecule has 0 aliphatic rings. The first-order valence-electron chi connectivity index (χ1n) is 2.49. The molecule has 1 heterocycles. The van der Waals surface area contributed by atoms with E-state index in [2.05, 4.69) is 10.3 Å². The molecule has 0 atom stereocenters. The molecule has 0 amide bonds. The van der Waals surface area contributed by atoms with Gasteiger partial charge in [0.05, 0.1) is 11.9 Å². The molecule has 4 heteroatoms. The van der Waals surface area contributed by atoms with Crippen LogP contribution < -0.4 is 5.84 Å². The fraction of sp³-hybridized carbons (Fsp3) is 0.500. The zero-order valence-electron chi connectivity index (χ0n) is 4.70. The average Bonchev–Trinajstić information content (AvgIpc) is 2.14. The molecule has 2 N–H and O–H groups in total. The van der Waals surface area contributed by atoms with E-state index in [-0.39, 0.29) is 0 Å². The summed E-state index contributed by atoms with van der Waals surface area (Å²) in [6, 6.07) is 0. The standard InChI is InChI=1S/C4H8N4/c1-2-4-3-8(5)7-6-4/h3H,2,5H2,1H3. The van der Waals surface area contributed by atoms with Gasteiger partial charge in [-0.25, -0.2) is 0 Å². The lowest BCUT2D eigenvalue weighted by Crippen LogP contribution is -2.07. The van der Waals surface area contributed by atoms with Gasteiger partial charge >= 0.3 is 0 Å². The summed E-state index contributed by atoms with van der Waals surface area (Å²) in [5.41, 5.74) is 0.924. The number of aryl methyl sites for hydroxylation is 1. The summed E-state index contributed by atoms with van der Waals surface area (Å²) in [5, 5.41) is 7.25. The van der Waals surface area contributed by atoms with Crippen LogP contribution >= 0.6 is 0 Å². The summed E-state index contributed by atoms with van der Waals surface area (Å²) in [5.74, 6) is 5.20. The van der Waals surface area contributed by atoms with Gasteiger partial charge in [0.15, 0.2) is 0 Å². The van der Waals surface area contributed by atoms with Crippen LogP contribution in [0.25, 0.3) is 0 Å². The van der Waals surface area contributed by atoms with Crippen molar-refractivity contribution in [2.24, 2.45) is 0 Å². The second kappa shape index (κ2) is 1.81. The monoisotopic (exact) mass is 112 g/mol. The van der Waals surface area contributed by atoms with Gasteiger partial charge in [0.25, 0.3) is 0 Å². The van der Waals surface area contributed by atoms with Crippen molar-refractivity contribution in [3.8, 4) is 0 Å². The Morgan fingerprint density at radius 2 is 2.62 bits per heavy atom. The highest BCUT2D eigenvalue weighted by molar-refractivity contribution is 4.90. The second-order valence-electron chi connectivity index (χ2n) is 1.54. The van der Waals surface area contributed by atoms with Crippen LogP contribution in [0, 0.1) is 0 Å². The first kappa shape index (κ1) is 5.08. The Kier molecular flexibility index (Phi) is 1.15. The third-order valence-corrected chi connectivity index (χ3v) is 0.920. The Balaban J connectivity index is 2.84. The number of hydrogen-bond donors (Lipinski definition) is 1. The van der Waals surface area contributed by atoms with Crippen LogP contribution in [0.15, 0.2) is 6.20 Å². The van der Waals surface area contributed by atoms with Gasteiger partial charge in [-0.1, -0.05) is 6.92 Å². The topological polar surface area (TPSA) is 56.7 Å². The molecule has 1 aromatic rings. The maximum Gasteiger partial charge on any atom is 0.0846 e. The molecule has 0 unspecified atom stereocenters. The van der Waals surface area contributed by atoms with Crippen molar-refractivity contribution in [2.75, 3.05) is 5.84 Å². The number of nitrogens with two attached hydrogens (primary N) is 1. The number of nitrogen functional groups attached to an aromatic ring is 1. The molecule has 0 bridgehead atoms. The Morgan fingerprint density at radius 3 is 2.88 bits per heavy atom. The molecular formula is C4H8N4. The molecule has 8 heavy (non-hydrogen) atoms. The largest absolute Gasteiger partial charge is 0.322 e. The summed E-state index contributed by atoms with van der Waals surface area (Å²) in [6.07, 6.45) is 2.58. The Bertz CT molecular complexity index is 168. The smallest absolute Gasteiger partial charge is 0.0846 e. The molecule has 1 aromatic heterocycles. The van der Waals surface area contributed by atoms with Crippen LogP contribution in [0.3, 0.4) is 0 Å². The molecule has 4 nitrogen and oxygen atoms in total. The normalized spacial score (nSPS) is 9.62. The van der Waals surface area contributed by atoms with Gasteiger partial charge in [-0.3, -0.25) is 0 Å². The molecule has 0 aliphatic carbocycles. The Hall–Kier alpha value is -1.06. The van der Waals surface area contributed by atoms with E-state index >= 15 is 0 Å². The number of nitrogens with zero attached hydrogens (tertiary/aromatic N) is 3. The van der Waals surface area contributed by atoms with E-state index in [4.69, 9.17) is 5.84 Å². The van der Waals surface area contributed by atoms with Crippen LogP contribution in [0.1, 0.15) is 12.6 Å². The third kappa shape index (κ3) is 0.776. The fourth-order valence-corrected chi connectivity index (χ4v) is 0.475. The van der Waals surface area contributed by atoms with Gasteiger partial charge in [0.1, 0.15) is 0 Å². The number of aromatic nitrogens is 3. The first-order valence-corrected chi connectivity index (χ1v) is 2.49. The van der Waals surface area contributed by atoms with Crippen molar-refractivity contribution < 1.29 is 0 Å². The minimum Gasteiger partial charge on any atom is -0.322 e. The second-order valence-corrected chi connectivity index (χ2v) is 1.54. The summed E-state index contributed by atoms with van der Waals surface area (Å²) in [4.78, 5) is 1.21. The summed E-state index contributed by atoms with van der Waals surface area (Å²) < 4.78 is 0. The highest BCUT2D eigenvalue weighted by Gasteiger charge is 1.90. The highest BCUT2D eigenvalue weighted by Crippen LogP contribution is 1.87. The third-order valence-electron chi connectivity index (χ3n) is 0.920. The molecule has 0 aliphatic heterocycles. The van der Waals surface area contributed by atoms with E-state index in [1.165, 1.54) is 4.79 Å². The molecule has 0 radical (unpaired) electrons. The van der Waals surface area contributed by atoms with Crippen LogP contribution in [-0.2, 0) is 6.42 Å². The van der Waals surface area contributed by atoms with E-state index in [9.17, 15) is 0 Å². The molecule has 1 rings (SSSR count). The predicted molar refractivity (Wildman–Crippen MR) is 29.6 cm³/mol. The minimum atomic E-state index is 0.886. The lowest BCUT2D eigenvalue weighted by atomic mass is 10.4. The molecule has 0 fully saturated rings. The van der Waals surface area contributed by atoms with Crippen LogP contribution in [-0.4, -0.2) is 15.1 Å². The van der Waals surface area contributed by atoms with Gasteiger partial charge in [-0.15, -0.1) is 5.10 Å². The van der Waals surface area contributed by atoms with E-state index in [0.717, 1.165) is 12.1 Å². The van der Waals surface area contributed by atoms with Crippen molar-refractivity contribution in [3.63, 3.8) is 0 Å². The van der Waals surface area contributed by atoms with Crippen molar-refractivity contribution in [1.82, 2.24) is 15.1 Å². The molecular weight excluding hydrogens is 104 g/mol. The SMILES string of the molecule is CCc1cn(N)nn1. The Morgan fingerprint density at radius 1 is 1.88 bits per heavy atom. The van der Waals surface area contributed by atoms with Gasteiger partial charge in [0, 0.05) is 0 Å². The zero-order chi connectivity index (χ0) is 5.98. The number of hydrogen-bond acceptors (Lipinski definition) is 3. The highest BCUT2D eigenvalue weighted by atomic mass is 15.6. The maximum atomic E-state index is 5.20. The quantitative estimate of drug-likeness (QED) is 0.501. The zero-order valence-corrected chi connectivity index (χ0v) is 4.70. The van der Waals surface area contributed by atoms with Crippen molar-refractivity contribution in [1.29, 1.82) is 0 Å². The molecule has 0 saturated carbocycles. The predicted octanol–water partition coefficient (Wildman–Crippen LogP) is -0.446. The lowest BCUT2D eigenvalue weighted by molar-refractivity contribution is 0.762.